The average Bonchev–Trinajstić information content (AvgIpc) is 3.04. The lowest BCUT2D eigenvalue weighted by atomic mass is 10.0. The number of nitrogens with zero attached hydrogens (tertiary/aromatic N) is 2. The van der Waals surface area contributed by atoms with E-state index in [0.29, 0.717) is 6.42 Å². The van der Waals surface area contributed by atoms with E-state index >= 15 is 0 Å². The summed E-state index contributed by atoms with van der Waals surface area (Å²) in [5.74, 6) is -1.31. The summed E-state index contributed by atoms with van der Waals surface area (Å²) in [5.41, 5.74) is 6.65. The number of pyridine rings is 1. The van der Waals surface area contributed by atoms with Crippen LogP contribution in [0.15, 0.2) is 36.5 Å². The predicted molar refractivity (Wildman–Crippen MR) is 118 cm³/mol. The van der Waals surface area contributed by atoms with Gasteiger partial charge in [0.15, 0.2) is 0 Å². The monoisotopic (exact) mass is 407 g/mol. The molecule has 1 unspecified atom stereocenters. The molecule has 3 aromatic rings. The van der Waals surface area contributed by atoms with Crippen molar-refractivity contribution in [2.45, 2.75) is 59.4 Å². The highest BCUT2D eigenvalue weighted by atomic mass is 16.4. The lowest BCUT2D eigenvalue weighted by molar-refractivity contribution is -0.142. The zero-order valence-electron chi connectivity index (χ0n) is 18.0. The van der Waals surface area contributed by atoms with Crippen molar-refractivity contribution in [1.29, 1.82) is 0 Å². The fourth-order valence-electron chi connectivity index (χ4n) is 3.55. The first-order chi connectivity index (χ1) is 14.3. The second-order valence-corrected chi connectivity index (χ2v) is 7.92. The van der Waals surface area contributed by atoms with Crippen molar-refractivity contribution in [2.24, 2.45) is 0 Å². The van der Waals surface area contributed by atoms with Crippen LogP contribution in [-0.2, 0) is 16.0 Å². The lowest BCUT2D eigenvalue weighted by Crippen LogP contribution is -2.41. The lowest BCUT2D eigenvalue weighted by Gasteiger charge is -2.14. The van der Waals surface area contributed by atoms with Gasteiger partial charge in [-0.05, 0) is 62.1 Å². The first-order valence-electron chi connectivity index (χ1n) is 10.4. The Hall–Kier alpha value is -3.15. The van der Waals surface area contributed by atoms with Gasteiger partial charge in [-0.3, -0.25) is 4.79 Å². The number of rotatable bonds is 8. The number of unbranched alkanes of at least 4 members (excludes halogenated alkanes) is 1. The van der Waals surface area contributed by atoms with Crippen LogP contribution < -0.4 is 5.32 Å². The van der Waals surface area contributed by atoms with E-state index in [9.17, 15) is 14.7 Å². The average molecular weight is 408 g/mol. The van der Waals surface area contributed by atoms with Crippen molar-refractivity contribution in [2.75, 3.05) is 0 Å². The first-order valence-corrected chi connectivity index (χ1v) is 10.4. The number of benzene rings is 1. The van der Waals surface area contributed by atoms with E-state index in [1.807, 2.05) is 42.6 Å². The number of imidazole rings is 1. The van der Waals surface area contributed by atoms with Gasteiger partial charge in [0.1, 0.15) is 11.7 Å². The van der Waals surface area contributed by atoms with Crippen molar-refractivity contribution >= 4 is 17.5 Å². The van der Waals surface area contributed by atoms with Crippen molar-refractivity contribution in [3.8, 4) is 11.3 Å². The van der Waals surface area contributed by atoms with Gasteiger partial charge in [0.25, 0.3) is 0 Å². The molecule has 0 saturated heterocycles. The molecule has 0 aliphatic rings. The maximum Gasteiger partial charge on any atom is 0.326 e. The molecule has 1 aromatic carbocycles. The number of amides is 1. The normalized spacial score (nSPS) is 12.1. The Labute approximate surface area is 177 Å². The zero-order chi connectivity index (χ0) is 21.8. The zero-order valence-corrected chi connectivity index (χ0v) is 18.0. The molecule has 6 nitrogen and oxygen atoms in total. The molecule has 3 rings (SSSR count). The number of aliphatic carboxylic acids is 1. The molecule has 2 N–H and O–H groups in total. The van der Waals surface area contributed by atoms with Gasteiger partial charge in [0, 0.05) is 11.8 Å². The number of hydrogen-bond acceptors (Lipinski definition) is 3. The third-order valence-electron chi connectivity index (χ3n) is 5.47. The number of hydrogen-bond donors (Lipinski definition) is 2. The van der Waals surface area contributed by atoms with Crippen LogP contribution >= 0.6 is 0 Å². The minimum absolute atomic E-state index is 0.0579. The minimum Gasteiger partial charge on any atom is -0.480 e. The number of aromatic nitrogens is 2. The van der Waals surface area contributed by atoms with Crippen LogP contribution in [0.4, 0.5) is 0 Å². The van der Waals surface area contributed by atoms with Crippen LogP contribution in [0.1, 0.15) is 48.6 Å². The topological polar surface area (TPSA) is 83.7 Å². The highest BCUT2D eigenvalue weighted by molar-refractivity contribution is 5.86. The maximum atomic E-state index is 12.8. The maximum absolute atomic E-state index is 12.8. The highest BCUT2D eigenvalue weighted by Gasteiger charge is 2.22. The van der Waals surface area contributed by atoms with Gasteiger partial charge in [-0.15, -0.1) is 0 Å². The molecule has 0 aliphatic carbocycles. The van der Waals surface area contributed by atoms with E-state index in [1.54, 1.807) is 0 Å². The second kappa shape index (κ2) is 9.11. The van der Waals surface area contributed by atoms with Crippen molar-refractivity contribution < 1.29 is 14.7 Å². The summed E-state index contributed by atoms with van der Waals surface area (Å²) in [7, 11) is 0. The summed E-state index contributed by atoms with van der Waals surface area (Å²) >= 11 is 0. The Bertz CT molecular complexity index is 1080. The minimum atomic E-state index is -1.00. The van der Waals surface area contributed by atoms with Gasteiger partial charge in [-0.25, -0.2) is 9.78 Å². The Morgan fingerprint density at radius 1 is 1.13 bits per heavy atom. The van der Waals surface area contributed by atoms with Gasteiger partial charge in [0.05, 0.1) is 17.8 Å². The van der Waals surface area contributed by atoms with Crippen LogP contribution in [0.3, 0.4) is 0 Å². The molecule has 1 atom stereocenters. The smallest absolute Gasteiger partial charge is 0.326 e. The number of nitrogens with one attached hydrogen (secondary N) is 1. The van der Waals surface area contributed by atoms with E-state index < -0.39 is 12.0 Å². The van der Waals surface area contributed by atoms with Crippen LogP contribution in [0, 0.1) is 20.8 Å². The molecule has 0 bridgehead atoms. The molecule has 0 spiro atoms. The van der Waals surface area contributed by atoms with Crippen LogP contribution in [-0.4, -0.2) is 32.4 Å². The van der Waals surface area contributed by atoms with Crippen molar-refractivity contribution in [3.63, 3.8) is 0 Å². The number of carboxylic acids is 1. The Balaban J connectivity index is 1.98. The fourth-order valence-corrected chi connectivity index (χ4v) is 3.55. The number of carbonyl (C=O) groups excluding carboxylic acids is 1. The van der Waals surface area contributed by atoms with Crippen LogP contribution in [0.2, 0.25) is 0 Å². The summed E-state index contributed by atoms with van der Waals surface area (Å²) in [6.45, 7) is 8.11. The van der Waals surface area contributed by atoms with Gasteiger partial charge in [-0.1, -0.05) is 31.9 Å². The van der Waals surface area contributed by atoms with E-state index in [2.05, 4.69) is 31.3 Å². The summed E-state index contributed by atoms with van der Waals surface area (Å²) in [6, 6.07) is 9.22. The van der Waals surface area contributed by atoms with Crippen molar-refractivity contribution in [1.82, 2.24) is 14.7 Å². The summed E-state index contributed by atoms with van der Waals surface area (Å²) < 4.78 is 1.92. The van der Waals surface area contributed by atoms with Crippen molar-refractivity contribution in [3.05, 3.63) is 58.9 Å². The number of carboxylic acid groups (broad SMARTS) is 1. The van der Waals surface area contributed by atoms with Crippen LogP contribution in [0.5, 0.6) is 0 Å². The molecular formula is C24H29N3O3. The molecule has 0 fully saturated rings. The van der Waals surface area contributed by atoms with Gasteiger partial charge in [-0.2, -0.15) is 0 Å². The third kappa shape index (κ3) is 4.70. The summed E-state index contributed by atoms with van der Waals surface area (Å²) in [4.78, 5) is 29.1. The second-order valence-electron chi connectivity index (χ2n) is 7.92. The summed E-state index contributed by atoms with van der Waals surface area (Å²) in [5, 5.41) is 12.1. The number of fused-ring (bicyclic) bond motifs is 1. The summed E-state index contributed by atoms with van der Waals surface area (Å²) in [6.07, 6.45) is 4.02. The molecule has 1 amide bonds. The molecule has 6 heteroatoms. The quantitative estimate of drug-likeness (QED) is 0.585. The number of carbonyl (C=O) groups is 2. The van der Waals surface area contributed by atoms with E-state index in [4.69, 9.17) is 4.98 Å². The largest absolute Gasteiger partial charge is 0.480 e. The molecular weight excluding hydrogens is 378 g/mol. The molecule has 0 saturated carbocycles. The van der Waals surface area contributed by atoms with Gasteiger partial charge in [0.2, 0.25) is 5.91 Å². The molecule has 2 aromatic heterocycles. The standard InChI is InChI=1S/C24H29N3O3/c1-5-6-7-19(24(29)30)25-22(28)14-20-23(18-9-8-16(3)17(4)13-18)26-21-12-15(2)10-11-27(20)21/h8-13,19H,5-7,14H2,1-4H3,(H,25,28)(H,29,30). The molecule has 30 heavy (non-hydrogen) atoms. The third-order valence-corrected chi connectivity index (χ3v) is 5.47. The van der Waals surface area contributed by atoms with E-state index in [1.165, 1.54) is 5.56 Å². The van der Waals surface area contributed by atoms with E-state index in [-0.39, 0.29) is 12.3 Å². The fraction of sp³-hybridized carbons (Fsp3) is 0.375. The predicted octanol–water partition coefficient (Wildman–Crippen LogP) is 4.23. The van der Waals surface area contributed by atoms with Gasteiger partial charge < -0.3 is 14.8 Å². The Kier molecular flexibility index (Phi) is 6.55. The Morgan fingerprint density at radius 2 is 1.90 bits per heavy atom. The number of aryl methyl sites for hydroxylation is 3. The first kappa shape index (κ1) is 21.6. The molecule has 0 aliphatic heterocycles. The molecule has 0 radical (unpaired) electrons. The molecule has 2 heterocycles. The van der Waals surface area contributed by atoms with Crippen LogP contribution in [0.25, 0.3) is 16.9 Å². The SMILES string of the molecule is CCCCC(NC(=O)Cc1c(-c2ccc(C)c(C)c2)nc2cc(C)ccn12)C(=O)O. The van der Waals surface area contributed by atoms with E-state index in [0.717, 1.165) is 46.6 Å². The molecule has 158 valence electrons. The highest BCUT2D eigenvalue weighted by Crippen LogP contribution is 2.27. The Morgan fingerprint density at radius 3 is 2.57 bits per heavy atom. The van der Waals surface area contributed by atoms with Gasteiger partial charge >= 0.3 is 5.97 Å².